The maximum absolute atomic E-state index is 12.9. The van der Waals surface area contributed by atoms with Crippen molar-refractivity contribution in [3.8, 4) is 0 Å². The largest absolute Gasteiger partial charge is 0.339 e. The van der Waals surface area contributed by atoms with Crippen LogP contribution < -0.4 is 0 Å². The van der Waals surface area contributed by atoms with Crippen molar-refractivity contribution >= 4 is 16.8 Å². The first-order chi connectivity index (χ1) is 10.1. The molecule has 0 saturated carbocycles. The molecule has 1 amide bonds. The topological polar surface area (TPSA) is 33.2 Å². The highest BCUT2D eigenvalue weighted by Gasteiger charge is 2.23. The van der Waals surface area contributed by atoms with Gasteiger partial charge in [0, 0.05) is 24.2 Å². The summed E-state index contributed by atoms with van der Waals surface area (Å²) in [5.74, 6) is 0.884. The van der Waals surface area contributed by atoms with E-state index >= 15 is 0 Å². The Morgan fingerprint density at radius 3 is 2.67 bits per heavy atom. The van der Waals surface area contributed by atoms with Crippen LogP contribution in [0.1, 0.15) is 41.4 Å². The molecule has 1 aliphatic heterocycles. The fourth-order valence-corrected chi connectivity index (χ4v) is 3.08. The van der Waals surface area contributed by atoms with Crippen LogP contribution in [0.15, 0.2) is 24.3 Å². The first-order valence-corrected chi connectivity index (χ1v) is 7.72. The number of aromatic nitrogens is 1. The quantitative estimate of drug-likeness (QED) is 0.798. The van der Waals surface area contributed by atoms with E-state index in [0.717, 1.165) is 59.6 Å². The van der Waals surface area contributed by atoms with Gasteiger partial charge in [-0.3, -0.25) is 9.78 Å². The Kier molecular flexibility index (Phi) is 3.66. The molecule has 2 aromatic rings. The van der Waals surface area contributed by atoms with E-state index in [9.17, 15) is 4.79 Å². The molecule has 0 atom stereocenters. The fourth-order valence-electron chi connectivity index (χ4n) is 3.08. The SMILES string of the molecule is Cc1cc(C(=O)N2CCC(C)CC2)c2cccc(C)c2n1. The number of hydrogen-bond acceptors (Lipinski definition) is 2. The van der Waals surface area contributed by atoms with E-state index < -0.39 is 0 Å². The molecule has 0 radical (unpaired) electrons. The van der Waals surface area contributed by atoms with Gasteiger partial charge in [0.25, 0.3) is 5.91 Å². The number of carbonyl (C=O) groups excluding carboxylic acids is 1. The number of fused-ring (bicyclic) bond motifs is 1. The third kappa shape index (κ3) is 2.65. The number of aryl methyl sites for hydroxylation is 2. The lowest BCUT2D eigenvalue weighted by Gasteiger charge is -2.30. The highest BCUT2D eigenvalue weighted by molar-refractivity contribution is 6.06. The van der Waals surface area contributed by atoms with Crippen LogP contribution in [0.2, 0.25) is 0 Å². The number of para-hydroxylation sites is 1. The van der Waals surface area contributed by atoms with Gasteiger partial charge in [-0.1, -0.05) is 25.1 Å². The van der Waals surface area contributed by atoms with Gasteiger partial charge in [0.1, 0.15) is 0 Å². The maximum atomic E-state index is 12.9. The summed E-state index contributed by atoms with van der Waals surface area (Å²) < 4.78 is 0. The van der Waals surface area contributed by atoms with Crippen molar-refractivity contribution in [3.05, 3.63) is 41.1 Å². The molecule has 3 rings (SSSR count). The molecule has 0 unspecified atom stereocenters. The zero-order valence-corrected chi connectivity index (χ0v) is 13.0. The molecule has 1 fully saturated rings. The minimum Gasteiger partial charge on any atom is -0.339 e. The Bertz CT molecular complexity index is 685. The van der Waals surface area contributed by atoms with Gasteiger partial charge >= 0.3 is 0 Å². The van der Waals surface area contributed by atoms with E-state index in [4.69, 9.17) is 0 Å². The van der Waals surface area contributed by atoms with E-state index in [-0.39, 0.29) is 5.91 Å². The minimum atomic E-state index is 0.156. The van der Waals surface area contributed by atoms with Crippen molar-refractivity contribution < 1.29 is 4.79 Å². The summed E-state index contributed by atoms with van der Waals surface area (Å²) >= 11 is 0. The summed E-state index contributed by atoms with van der Waals surface area (Å²) in [4.78, 5) is 19.5. The minimum absolute atomic E-state index is 0.156. The van der Waals surface area contributed by atoms with Crippen LogP contribution in [0.4, 0.5) is 0 Å². The molecule has 1 aliphatic rings. The predicted molar refractivity (Wildman–Crippen MR) is 85.5 cm³/mol. The van der Waals surface area contributed by atoms with Crippen molar-refractivity contribution in [2.24, 2.45) is 5.92 Å². The Morgan fingerprint density at radius 1 is 1.24 bits per heavy atom. The molecule has 3 nitrogen and oxygen atoms in total. The van der Waals surface area contributed by atoms with Crippen LogP contribution in [0.3, 0.4) is 0 Å². The Morgan fingerprint density at radius 2 is 1.95 bits per heavy atom. The lowest BCUT2D eigenvalue weighted by atomic mass is 9.97. The highest BCUT2D eigenvalue weighted by atomic mass is 16.2. The monoisotopic (exact) mass is 282 g/mol. The predicted octanol–water partition coefficient (Wildman–Crippen LogP) is 3.72. The number of pyridine rings is 1. The lowest BCUT2D eigenvalue weighted by molar-refractivity contribution is 0.0699. The number of nitrogens with zero attached hydrogens (tertiary/aromatic N) is 2. The van der Waals surface area contributed by atoms with Gasteiger partial charge in [0.15, 0.2) is 0 Å². The van der Waals surface area contributed by atoms with Gasteiger partial charge in [0.05, 0.1) is 11.1 Å². The number of carbonyl (C=O) groups is 1. The summed E-state index contributed by atoms with van der Waals surface area (Å²) in [6.07, 6.45) is 2.21. The smallest absolute Gasteiger partial charge is 0.254 e. The molecule has 0 N–H and O–H groups in total. The van der Waals surface area contributed by atoms with E-state index in [1.807, 2.05) is 43.0 Å². The van der Waals surface area contributed by atoms with Crippen molar-refractivity contribution in [3.63, 3.8) is 0 Å². The number of benzene rings is 1. The molecule has 0 bridgehead atoms. The van der Waals surface area contributed by atoms with Crippen LogP contribution in [0.25, 0.3) is 10.9 Å². The molecule has 0 aliphatic carbocycles. The summed E-state index contributed by atoms with van der Waals surface area (Å²) in [6.45, 7) is 8.01. The third-order valence-corrected chi connectivity index (χ3v) is 4.47. The molecular formula is C18H22N2O. The first-order valence-electron chi connectivity index (χ1n) is 7.72. The van der Waals surface area contributed by atoms with Crippen molar-refractivity contribution in [1.29, 1.82) is 0 Å². The zero-order valence-electron chi connectivity index (χ0n) is 13.0. The van der Waals surface area contributed by atoms with E-state index in [1.165, 1.54) is 0 Å². The van der Waals surface area contributed by atoms with Gasteiger partial charge in [-0.15, -0.1) is 0 Å². The Hall–Kier alpha value is -1.90. The number of piperidine rings is 1. The summed E-state index contributed by atoms with van der Waals surface area (Å²) in [5.41, 5.74) is 3.78. The van der Waals surface area contributed by atoms with Gasteiger partial charge in [-0.25, -0.2) is 0 Å². The summed E-state index contributed by atoms with van der Waals surface area (Å²) in [7, 11) is 0. The second kappa shape index (κ2) is 5.47. The molecule has 1 aromatic carbocycles. The van der Waals surface area contributed by atoms with Gasteiger partial charge in [-0.05, 0) is 44.2 Å². The lowest BCUT2D eigenvalue weighted by Crippen LogP contribution is -2.38. The van der Waals surface area contributed by atoms with Crippen molar-refractivity contribution in [2.45, 2.75) is 33.6 Å². The second-order valence-corrected chi connectivity index (χ2v) is 6.26. The number of rotatable bonds is 1. The standard InChI is InChI=1S/C18H22N2O/c1-12-7-9-20(10-8-12)18(21)16-11-14(3)19-17-13(2)5-4-6-15(16)17/h4-6,11-12H,7-10H2,1-3H3. The molecule has 21 heavy (non-hydrogen) atoms. The van der Waals surface area contributed by atoms with Gasteiger partial charge in [0.2, 0.25) is 0 Å². The van der Waals surface area contributed by atoms with Crippen LogP contribution >= 0.6 is 0 Å². The fraction of sp³-hybridized carbons (Fsp3) is 0.444. The van der Waals surface area contributed by atoms with E-state index in [2.05, 4.69) is 11.9 Å². The third-order valence-electron chi connectivity index (χ3n) is 4.47. The Labute approximate surface area is 126 Å². The van der Waals surface area contributed by atoms with Crippen LogP contribution in [-0.4, -0.2) is 28.9 Å². The van der Waals surface area contributed by atoms with Crippen LogP contribution in [0, 0.1) is 19.8 Å². The van der Waals surface area contributed by atoms with Crippen molar-refractivity contribution in [2.75, 3.05) is 13.1 Å². The number of amides is 1. The maximum Gasteiger partial charge on any atom is 0.254 e. The van der Waals surface area contributed by atoms with E-state index in [1.54, 1.807) is 0 Å². The molecule has 0 spiro atoms. The average Bonchev–Trinajstić information content (AvgIpc) is 2.47. The van der Waals surface area contributed by atoms with E-state index in [0.29, 0.717) is 0 Å². The normalized spacial score (nSPS) is 16.4. The number of hydrogen-bond donors (Lipinski definition) is 0. The molecular weight excluding hydrogens is 260 g/mol. The molecule has 3 heteroatoms. The van der Waals surface area contributed by atoms with Gasteiger partial charge in [-0.2, -0.15) is 0 Å². The molecule has 2 heterocycles. The summed E-state index contributed by atoms with van der Waals surface area (Å²) in [6, 6.07) is 7.99. The second-order valence-electron chi connectivity index (χ2n) is 6.26. The van der Waals surface area contributed by atoms with Gasteiger partial charge < -0.3 is 4.90 Å². The summed E-state index contributed by atoms with van der Waals surface area (Å²) in [5, 5.41) is 0.976. The highest BCUT2D eigenvalue weighted by Crippen LogP contribution is 2.24. The Balaban J connectivity index is 2.03. The average molecular weight is 282 g/mol. The number of likely N-dealkylation sites (tertiary alicyclic amines) is 1. The van der Waals surface area contributed by atoms with Crippen LogP contribution in [-0.2, 0) is 0 Å². The van der Waals surface area contributed by atoms with Crippen molar-refractivity contribution in [1.82, 2.24) is 9.88 Å². The molecule has 110 valence electrons. The van der Waals surface area contributed by atoms with Crippen LogP contribution in [0.5, 0.6) is 0 Å². The molecule has 1 aromatic heterocycles. The first kappa shape index (κ1) is 14.1. The molecule has 1 saturated heterocycles. The zero-order chi connectivity index (χ0) is 15.0.